The summed E-state index contributed by atoms with van der Waals surface area (Å²) in [5.74, 6) is -0.127. The molecule has 1 aliphatic rings. The number of nitrogens with two attached hydrogens (primary N) is 1. The Balaban J connectivity index is 2.13. The number of likely N-dealkylation sites (N-methyl/N-ethyl adjacent to an activating group) is 1. The zero-order valence-electron chi connectivity index (χ0n) is 11.4. The summed E-state index contributed by atoms with van der Waals surface area (Å²) in [4.78, 5) is 13.7. The van der Waals surface area contributed by atoms with E-state index >= 15 is 0 Å². The van der Waals surface area contributed by atoms with Gasteiger partial charge in [0.25, 0.3) is 5.91 Å². The highest BCUT2D eigenvalue weighted by atomic mass is 32.2. The first-order valence-electron chi connectivity index (χ1n) is 6.35. The maximum Gasteiger partial charge on any atom is 0.255 e. The number of sulfonamides is 1. The summed E-state index contributed by atoms with van der Waals surface area (Å²) in [6.07, 6.45) is 1.25. The second-order valence-electron chi connectivity index (χ2n) is 4.95. The smallest absolute Gasteiger partial charge is 0.255 e. The molecule has 110 valence electrons. The van der Waals surface area contributed by atoms with Gasteiger partial charge in [0.15, 0.2) is 0 Å². The molecule has 20 heavy (non-hydrogen) atoms. The van der Waals surface area contributed by atoms with Crippen LogP contribution in [0.3, 0.4) is 0 Å². The molecular formula is C13H18N2O4S. The van der Waals surface area contributed by atoms with E-state index in [2.05, 4.69) is 0 Å². The number of rotatable bonds is 3. The van der Waals surface area contributed by atoms with Crippen LogP contribution in [-0.2, 0) is 19.6 Å². The van der Waals surface area contributed by atoms with Crippen LogP contribution in [0.25, 0.3) is 0 Å². The molecule has 1 saturated heterocycles. The minimum absolute atomic E-state index is 0.0211. The first-order chi connectivity index (χ1) is 9.29. The van der Waals surface area contributed by atoms with E-state index in [0.29, 0.717) is 12.1 Å². The lowest BCUT2D eigenvalue weighted by molar-refractivity contribution is -0.128. The van der Waals surface area contributed by atoms with Crippen molar-refractivity contribution in [3.05, 3.63) is 24.3 Å². The van der Waals surface area contributed by atoms with E-state index in [-0.39, 0.29) is 16.9 Å². The third-order valence-electron chi connectivity index (χ3n) is 3.39. The molecule has 1 aromatic carbocycles. The normalized spacial score (nSPS) is 22.8. The SMILES string of the molecule is CC1CCC(C(=O)N(C)c2ccc(S(N)(=O)=O)cc2)O1. The van der Waals surface area contributed by atoms with Gasteiger partial charge in [-0.2, -0.15) is 0 Å². The average Bonchev–Trinajstić information content (AvgIpc) is 2.83. The van der Waals surface area contributed by atoms with Crippen molar-refractivity contribution in [2.24, 2.45) is 5.14 Å². The van der Waals surface area contributed by atoms with Crippen LogP contribution in [0, 0.1) is 0 Å². The van der Waals surface area contributed by atoms with Gasteiger partial charge in [0.1, 0.15) is 6.10 Å². The van der Waals surface area contributed by atoms with Crippen molar-refractivity contribution in [1.29, 1.82) is 0 Å². The highest BCUT2D eigenvalue weighted by Crippen LogP contribution is 2.23. The maximum atomic E-state index is 12.2. The molecule has 0 radical (unpaired) electrons. The molecule has 1 heterocycles. The van der Waals surface area contributed by atoms with Gasteiger partial charge in [0.05, 0.1) is 11.0 Å². The van der Waals surface area contributed by atoms with Crippen molar-refractivity contribution in [2.45, 2.75) is 36.9 Å². The molecule has 0 saturated carbocycles. The molecule has 2 atom stereocenters. The lowest BCUT2D eigenvalue weighted by atomic mass is 10.2. The number of anilines is 1. The van der Waals surface area contributed by atoms with Gasteiger partial charge >= 0.3 is 0 Å². The first-order valence-corrected chi connectivity index (χ1v) is 7.89. The number of hydrogen-bond donors (Lipinski definition) is 1. The summed E-state index contributed by atoms with van der Waals surface area (Å²) >= 11 is 0. The van der Waals surface area contributed by atoms with E-state index < -0.39 is 16.1 Å². The zero-order chi connectivity index (χ0) is 14.9. The lowest BCUT2D eigenvalue weighted by Gasteiger charge is -2.21. The van der Waals surface area contributed by atoms with Crippen LogP contribution in [0.15, 0.2) is 29.2 Å². The monoisotopic (exact) mass is 298 g/mol. The topological polar surface area (TPSA) is 89.7 Å². The van der Waals surface area contributed by atoms with E-state index in [1.54, 1.807) is 19.2 Å². The Morgan fingerprint density at radius 2 is 1.90 bits per heavy atom. The third kappa shape index (κ3) is 3.17. The Labute approximate surface area is 118 Å². The molecule has 1 aliphatic heterocycles. The number of primary sulfonamides is 1. The predicted molar refractivity (Wildman–Crippen MR) is 74.8 cm³/mol. The molecule has 0 spiro atoms. The molecule has 0 bridgehead atoms. The molecule has 1 amide bonds. The van der Waals surface area contributed by atoms with Gasteiger partial charge in [-0.25, -0.2) is 13.6 Å². The van der Waals surface area contributed by atoms with Gasteiger partial charge in [-0.05, 0) is 44.0 Å². The van der Waals surface area contributed by atoms with E-state index in [0.717, 1.165) is 6.42 Å². The summed E-state index contributed by atoms with van der Waals surface area (Å²) in [6, 6.07) is 5.87. The predicted octanol–water partition coefficient (Wildman–Crippen LogP) is 0.864. The second-order valence-corrected chi connectivity index (χ2v) is 6.51. The van der Waals surface area contributed by atoms with Crippen molar-refractivity contribution >= 4 is 21.6 Å². The zero-order valence-corrected chi connectivity index (χ0v) is 12.3. The molecular weight excluding hydrogens is 280 g/mol. The van der Waals surface area contributed by atoms with Crippen molar-refractivity contribution in [3.63, 3.8) is 0 Å². The Hall–Kier alpha value is -1.44. The van der Waals surface area contributed by atoms with Gasteiger partial charge in [0, 0.05) is 12.7 Å². The standard InChI is InChI=1S/C13H18N2O4S/c1-9-3-8-12(19-9)13(16)15(2)10-4-6-11(7-5-10)20(14,17)18/h4-7,9,12H,3,8H2,1-2H3,(H2,14,17,18). The molecule has 0 aliphatic carbocycles. The van der Waals surface area contributed by atoms with Crippen molar-refractivity contribution in [2.75, 3.05) is 11.9 Å². The molecule has 1 fully saturated rings. The number of carbonyl (C=O) groups is 1. The van der Waals surface area contributed by atoms with Gasteiger partial charge in [-0.3, -0.25) is 4.79 Å². The van der Waals surface area contributed by atoms with Crippen LogP contribution >= 0.6 is 0 Å². The maximum absolute atomic E-state index is 12.2. The van der Waals surface area contributed by atoms with E-state index in [1.807, 2.05) is 6.92 Å². The molecule has 0 aromatic heterocycles. The van der Waals surface area contributed by atoms with Crippen molar-refractivity contribution < 1.29 is 17.9 Å². The summed E-state index contributed by atoms with van der Waals surface area (Å²) < 4.78 is 27.9. The Bertz CT molecular complexity index is 597. The molecule has 7 heteroatoms. The highest BCUT2D eigenvalue weighted by molar-refractivity contribution is 7.89. The van der Waals surface area contributed by atoms with E-state index in [9.17, 15) is 13.2 Å². The minimum Gasteiger partial charge on any atom is -0.365 e. The Morgan fingerprint density at radius 1 is 1.30 bits per heavy atom. The summed E-state index contributed by atoms with van der Waals surface area (Å²) in [5.41, 5.74) is 0.602. The van der Waals surface area contributed by atoms with Crippen LogP contribution in [0.1, 0.15) is 19.8 Å². The number of carbonyl (C=O) groups excluding carboxylic acids is 1. The van der Waals surface area contributed by atoms with Crippen LogP contribution < -0.4 is 10.0 Å². The third-order valence-corrected chi connectivity index (χ3v) is 4.32. The minimum atomic E-state index is -3.72. The number of amides is 1. The lowest BCUT2D eigenvalue weighted by Crippen LogP contribution is -2.36. The number of ether oxygens (including phenoxy) is 1. The molecule has 6 nitrogen and oxygen atoms in total. The number of nitrogens with zero attached hydrogens (tertiary/aromatic N) is 1. The Morgan fingerprint density at radius 3 is 2.35 bits per heavy atom. The fraction of sp³-hybridized carbons (Fsp3) is 0.462. The van der Waals surface area contributed by atoms with E-state index in [4.69, 9.17) is 9.88 Å². The number of benzene rings is 1. The second kappa shape index (κ2) is 5.51. The van der Waals surface area contributed by atoms with Crippen LogP contribution in [0.5, 0.6) is 0 Å². The average molecular weight is 298 g/mol. The summed E-state index contributed by atoms with van der Waals surface area (Å²) in [6.45, 7) is 1.94. The Kier molecular flexibility index (Phi) is 4.12. The first kappa shape index (κ1) is 15.0. The van der Waals surface area contributed by atoms with Gasteiger partial charge in [-0.1, -0.05) is 0 Å². The van der Waals surface area contributed by atoms with E-state index in [1.165, 1.54) is 17.0 Å². The fourth-order valence-electron chi connectivity index (χ4n) is 2.19. The fourth-order valence-corrected chi connectivity index (χ4v) is 2.70. The summed E-state index contributed by atoms with van der Waals surface area (Å²) in [7, 11) is -2.08. The van der Waals surface area contributed by atoms with Gasteiger partial charge in [-0.15, -0.1) is 0 Å². The largest absolute Gasteiger partial charge is 0.365 e. The number of hydrogen-bond acceptors (Lipinski definition) is 4. The molecule has 2 N–H and O–H groups in total. The van der Waals surface area contributed by atoms with Gasteiger partial charge < -0.3 is 9.64 Å². The molecule has 1 aromatic rings. The summed E-state index contributed by atoms with van der Waals surface area (Å²) in [5, 5.41) is 5.03. The highest BCUT2D eigenvalue weighted by Gasteiger charge is 2.30. The molecule has 2 rings (SSSR count). The quantitative estimate of drug-likeness (QED) is 0.896. The van der Waals surface area contributed by atoms with Crippen LogP contribution in [-0.4, -0.2) is 33.6 Å². The van der Waals surface area contributed by atoms with Crippen molar-refractivity contribution in [1.82, 2.24) is 0 Å². The molecule has 2 unspecified atom stereocenters. The van der Waals surface area contributed by atoms with Gasteiger partial charge in [0.2, 0.25) is 10.0 Å². The van der Waals surface area contributed by atoms with Crippen molar-refractivity contribution in [3.8, 4) is 0 Å². The van der Waals surface area contributed by atoms with Crippen LogP contribution in [0.2, 0.25) is 0 Å². The van der Waals surface area contributed by atoms with Crippen LogP contribution in [0.4, 0.5) is 5.69 Å².